The van der Waals surface area contributed by atoms with Gasteiger partial charge in [-0.1, -0.05) is 18.9 Å². The highest BCUT2D eigenvalue weighted by Gasteiger charge is 2.31. The van der Waals surface area contributed by atoms with E-state index >= 15 is 0 Å². The van der Waals surface area contributed by atoms with Gasteiger partial charge < -0.3 is 10.0 Å². The van der Waals surface area contributed by atoms with E-state index in [2.05, 4.69) is 0 Å². The Labute approximate surface area is 119 Å². The van der Waals surface area contributed by atoms with Crippen molar-refractivity contribution in [3.05, 3.63) is 34.9 Å². The molecule has 1 N–H and O–H groups in total. The number of hydrogen-bond acceptors (Lipinski definition) is 2. The van der Waals surface area contributed by atoms with Crippen LogP contribution in [0.15, 0.2) is 18.2 Å². The van der Waals surface area contributed by atoms with Crippen molar-refractivity contribution in [2.75, 3.05) is 6.54 Å². The van der Waals surface area contributed by atoms with Crippen LogP contribution < -0.4 is 0 Å². The molecule has 0 spiro atoms. The molecule has 1 unspecified atom stereocenters. The number of carboxylic acid groups (broad SMARTS) is 1. The Kier molecular flexibility index (Phi) is 4.42. The van der Waals surface area contributed by atoms with E-state index in [1.54, 1.807) is 6.07 Å². The van der Waals surface area contributed by atoms with E-state index in [1.807, 2.05) is 26.0 Å². The average Bonchev–Trinajstić information content (AvgIpc) is 2.66. The molecule has 0 bridgehead atoms. The zero-order chi connectivity index (χ0) is 14.7. The standard InChI is InChI=1S/C16H21NO3/c1-11-7-8-13(10-12(11)2)15(18)17-9-5-3-4-6-14(17)16(19)20/h7-8,10,14H,3-6,9H2,1-2H3,(H,19,20). The molecule has 1 heterocycles. The van der Waals surface area contributed by atoms with E-state index in [-0.39, 0.29) is 5.91 Å². The van der Waals surface area contributed by atoms with Crippen LogP contribution in [0.3, 0.4) is 0 Å². The third kappa shape index (κ3) is 3.00. The molecule has 0 aliphatic carbocycles. The van der Waals surface area contributed by atoms with E-state index in [1.165, 1.54) is 4.90 Å². The van der Waals surface area contributed by atoms with Crippen LogP contribution in [0.1, 0.15) is 47.2 Å². The maximum Gasteiger partial charge on any atom is 0.326 e. The molecule has 0 aromatic heterocycles. The molecule has 1 aromatic carbocycles. The van der Waals surface area contributed by atoms with Gasteiger partial charge in [0.25, 0.3) is 5.91 Å². The number of carbonyl (C=O) groups is 2. The maximum absolute atomic E-state index is 12.6. The van der Waals surface area contributed by atoms with Gasteiger partial charge in [0.1, 0.15) is 6.04 Å². The Bertz CT molecular complexity index is 524. The van der Waals surface area contributed by atoms with E-state index < -0.39 is 12.0 Å². The van der Waals surface area contributed by atoms with Crippen LogP contribution in [0.25, 0.3) is 0 Å². The molecular formula is C16H21NO3. The van der Waals surface area contributed by atoms with Gasteiger partial charge in [0.2, 0.25) is 0 Å². The second-order valence-electron chi connectivity index (χ2n) is 5.50. The molecule has 20 heavy (non-hydrogen) atoms. The van der Waals surface area contributed by atoms with Gasteiger partial charge in [-0.3, -0.25) is 4.79 Å². The van der Waals surface area contributed by atoms with E-state index in [9.17, 15) is 14.7 Å². The number of hydrogen-bond donors (Lipinski definition) is 1. The smallest absolute Gasteiger partial charge is 0.326 e. The normalized spacial score (nSPS) is 19.5. The molecule has 1 aliphatic heterocycles. The van der Waals surface area contributed by atoms with Crippen molar-refractivity contribution >= 4 is 11.9 Å². The summed E-state index contributed by atoms with van der Waals surface area (Å²) in [6.07, 6.45) is 3.28. The van der Waals surface area contributed by atoms with Gasteiger partial charge in [-0.25, -0.2) is 4.79 Å². The average molecular weight is 275 g/mol. The fourth-order valence-corrected chi connectivity index (χ4v) is 2.65. The molecule has 4 heteroatoms. The third-order valence-corrected chi connectivity index (χ3v) is 4.05. The summed E-state index contributed by atoms with van der Waals surface area (Å²) >= 11 is 0. The summed E-state index contributed by atoms with van der Waals surface area (Å²) in [5.74, 6) is -1.06. The van der Waals surface area contributed by atoms with Crippen LogP contribution >= 0.6 is 0 Å². The minimum absolute atomic E-state index is 0.164. The van der Waals surface area contributed by atoms with Crippen LogP contribution in [-0.2, 0) is 4.79 Å². The van der Waals surface area contributed by atoms with Crippen LogP contribution in [0.4, 0.5) is 0 Å². The van der Waals surface area contributed by atoms with Gasteiger partial charge in [-0.15, -0.1) is 0 Å². The molecule has 1 aromatic rings. The van der Waals surface area contributed by atoms with E-state index in [0.29, 0.717) is 18.5 Å². The summed E-state index contributed by atoms with van der Waals surface area (Å²) in [5, 5.41) is 9.33. The minimum atomic E-state index is -0.899. The summed E-state index contributed by atoms with van der Waals surface area (Å²) in [7, 11) is 0. The number of rotatable bonds is 2. The predicted octanol–water partition coefficient (Wildman–Crippen LogP) is 2.77. The number of amides is 1. The summed E-state index contributed by atoms with van der Waals surface area (Å²) in [6.45, 7) is 4.49. The number of nitrogens with zero attached hydrogens (tertiary/aromatic N) is 1. The van der Waals surface area contributed by atoms with Gasteiger partial charge in [0.05, 0.1) is 0 Å². The Balaban J connectivity index is 2.28. The zero-order valence-electron chi connectivity index (χ0n) is 12.1. The lowest BCUT2D eigenvalue weighted by Crippen LogP contribution is -2.44. The number of aryl methyl sites for hydroxylation is 2. The monoisotopic (exact) mass is 275 g/mol. The SMILES string of the molecule is Cc1ccc(C(=O)N2CCCCCC2C(=O)O)cc1C. The van der Waals surface area contributed by atoms with Crippen LogP contribution in [0.5, 0.6) is 0 Å². The second-order valence-corrected chi connectivity index (χ2v) is 5.50. The van der Waals surface area contributed by atoms with Gasteiger partial charge >= 0.3 is 5.97 Å². The largest absolute Gasteiger partial charge is 0.480 e. The molecule has 1 saturated heterocycles. The Hall–Kier alpha value is -1.84. The molecule has 4 nitrogen and oxygen atoms in total. The molecule has 0 saturated carbocycles. The van der Waals surface area contributed by atoms with Crippen LogP contribution in [0.2, 0.25) is 0 Å². The Morgan fingerprint density at radius 1 is 1.15 bits per heavy atom. The first kappa shape index (κ1) is 14.6. The van der Waals surface area contributed by atoms with Crippen molar-refractivity contribution in [2.45, 2.75) is 45.6 Å². The second kappa shape index (κ2) is 6.07. The lowest BCUT2D eigenvalue weighted by molar-refractivity contribution is -0.142. The molecule has 1 atom stereocenters. The Morgan fingerprint density at radius 2 is 1.90 bits per heavy atom. The van der Waals surface area contributed by atoms with Crippen molar-refractivity contribution in [3.63, 3.8) is 0 Å². The lowest BCUT2D eigenvalue weighted by atomic mass is 10.0. The van der Waals surface area contributed by atoms with Crippen molar-refractivity contribution in [3.8, 4) is 0 Å². The third-order valence-electron chi connectivity index (χ3n) is 4.05. The highest BCUT2D eigenvalue weighted by Crippen LogP contribution is 2.20. The first-order valence-electron chi connectivity index (χ1n) is 7.11. The van der Waals surface area contributed by atoms with Gasteiger partial charge in [0, 0.05) is 12.1 Å². The fraction of sp³-hybridized carbons (Fsp3) is 0.500. The number of carboxylic acids is 1. The molecule has 108 valence electrons. The first-order chi connectivity index (χ1) is 9.50. The maximum atomic E-state index is 12.6. The zero-order valence-corrected chi connectivity index (χ0v) is 12.1. The molecular weight excluding hydrogens is 254 g/mol. The fourth-order valence-electron chi connectivity index (χ4n) is 2.65. The topological polar surface area (TPSA) is 57.6 Å². The van der Waals surface area contributed by atoms with Crippen molar-refractivity contribution in [1.82, 2.24) is 4.90 Å². The summed E-state index contributed by atoms with van der Waals surface area (Å²) in [5.41, 5.74) is 2.77. The van der Waals surface area contributed by atoms with Gasteiger partial charge in [0.15, 0.2) is 0 Å². The number of carbonyl (C=O) groups excluding carboxylic acids is 1. The lowest BCUT2D eigenvalue weighted by Gasteiger charge is -2.27. The summed E-state index contributed by atoms with van der Waals surface area (Å²) in [6, 6.07) is 4.86. The van der Waals surface area contributed by atoms with Crippen molar-refractivity contribution < 1.29 is 14.7 Å². The molecule has 1 amide bonds. The highest BCUT2D eigenvalue weighted by atomic mass is 16.4. The van der Waals surface area contributed by atoms with Crippen molar-refractivity contribution in [1.29, 1.82) is 0 Å². The quantitative estimate of drug-likeness (QED) is 0.903. The molecule has 2 rings (SSSR count). The highest BCUT2D eigenvalue weighted by molar-refractivity contribution is 5.96. The number of aliphatic carboxylic acids is 1. The molecule has 1 aliphatic rings. The van der Waals surface area contributed by atoms with E-state index in [0.717, 1.165) is 30.4 Å². The first-order valence-corrected chi connectivity index (χ1v) is 7.11. The molecule has 0 radical (unpaired) electrons. The summed E-state index contributed by atoms with van der Waals surface area (Å²) in [4.78, 5) is 25.5. The predicted molar refractivity (Wildman–Crippen MR) is 76.8 cm³/mol. The van der Waals surface area contributed by atoms with Gasteiger partial charge in [-0.2, -0.15) is 0 Å². The van der Waals surface area contributed by atoms with Gasteiger partial charge in [-0.05, 0) is 49.9 Å². The summed E-state index contributed by atoms with van der Waals surface area (Å²) < 4.78 is 0. The van der Waals surface area contributed by atoms with E-state index in [4.69, 9.17) is 0 Å². The minimum Gasteiger partial charge on any atom is -0.480 e. The number of likely N-dealkylation sites (tertiary alicyclic amines) is 1. The van der Waals surface area contributed by atoms with Crippen LogP contribution in [0, 0.1) is 13.8 Å². The molecule has 1 fully saturated rings. The number of benzene rings is 1. The Morgan fingerprint density at radius 3 is 2.55 bits per heavy atom. The van der Waals surface area contributed by atoms with Crippen LogP contribution in [-0.4, -0.2) is 34.5 Å². The van der Waals surface area contributed by atoms with Crippen molar-refractivity contribution in [2.24, 2.45) is 0 Å².